The van der Waals surface area contributed by atoms with Gasteiger partial charge in [-0.15, -0.1) is 0 Å². The van der Waals surface area contributed by atoms with Crippen LogP contribution in [0.3, 0.4) is 0 Å². The van der Waals surface area contributed by atoms with Crippen LogP contribution in [0.4, 0.5) is 0 Å². The first-order valence-electron chi connectivity index (χ1n) is 5.70. The highest BCUT2D eigenvalue weighted by Gasteiger charge is 2.19. The molecule has 0 amide bonds. The average Bonchev–Trinajstić information content (AvgIpc) is 2.26. The maximum Gasteiger partial charge on any atom is 0.0497 e. The molecule has 0 aliphatic heterocycles. The van der Waals surface area contributed by atoms with Gasteiger partial charge in [-0.25, -0.2) is 0 Å². The van der Waals surface area contributed by atoms with E-state index in [9.17, 15) is 5.11 Å². The Morgan fingerprint density at radius 1 is 1.36 bits per heavy atom. The van der Waals surface area contributed by atoms with Crippen LogP contribution in [-0.4, -0.2) is 30.6 Å². The molecule has 0 bridgehead atoms. The van der Waals surface area contributed by atoms with Gasteiger partial charge in [-0.3, -0.25) is 4.99 Å². The molecule has 0 radical (unpaired) electrons. The lowest BCUT2D eigenvalue weighted by atomic mass is 9.94. The van der Waals surface area contributed by atoms with Crippen LogP contribution in [0, 0.1) is 0 Å². The fourth-order valence-corrected chi connectivity index (χ4v) is 2.20. The number of rotatable bonds is 3. The maximum absolute atomic E-state index is 11.6. The second-order valence-corrected chi connectivity index (χ2v) is 3.99. The quantitative estimate of drug-likeness (QED) is 0.506. The van der Waals surface area contributed by atoms with Crippen molar-refractivity contribution in [1.82, 2.24) is 4.90 Å². The molecule has 3 nitrogen and oxygen atoms in total. The van der Waals surface area contributed by atoms with Crippen molar-refractivity contribution in [3.05, 3.63) is 0 Å². The van der Waals surface area contributed by atoms with Crippen molar-refractivity contribution in [2.45, 2.75) is 51.5 Å². The van der Waals surface area contributed by atoms with Crippen LogP contribution in [0.1, 0.15) is 45.4 Å². The molecule has 1 fully saturated rings. The lowest BCUT2D eigenvalue weighted by Gasteiger charge is -2.38. The third kappa shape index (κ3) is 2.89. The maximum atomic E-state index is 11.6. The zero-order chi connectivity index (χ0) is 10.4. The van der Waals surface area contributed by atoms with E-state index in [1.165, 1.54) is 32.1 Å². The number of amidine groups is 1. The predicted molar refractivity (Wildman–Crippen MR) is 57.2 cm³/mol. The molecule has 82 valence electrons. The third-order valence-electron chi connectivity index (χ3n) is 2.92. The normalized spacial score (nSPS) is 19.7. The van der Waals surface area contributed by atoms with Gasteiger partial charge in [0.15, 0.2) is 0 Å². The van der Waals surface area contributed by atoms with Gasteiger partial charge in [-0.05, 0) is 19.3 Å². The van der Waals surface area contributed by atoms with Gasteiger partial charge in [0.2, 0.25) is 0 Å². The second kappa shape index (κ2) is 5.89. The summed E-state index contributed by atoms with van der Waals surface area (Å²) in [5, 5.41) is 11.6. The fraction of sp³-hybridized carbons (Fsp3) is 0.909. The van der Waals surface area contributed by atoms with Crippen LogP contribution in [0.25, 0.3) is 0 Å². The number of hydrogen-bond acceptors (Lipinski definition) is 2. The van der Waals surface area contributed by atoms with Crippen molar-refractivity contribution >= 4 is 6.02 Å². The Morgan fingerprint density at radius 3 is 2.50 bits per heavy atom. The topological polar surface area (TPSA) is 38.7 Å². The zero-order valence-electron chi connectivity index (χ0n) is 9.33. The summed E-state index contributed by atoms with van der Waals surface area (Å²) in [5.41, 5.74) is 0. The lowest BCUT2D eigenvalue weighted by Crippen LogP contribution is -2.47. The molecule has 1 aliphatic carbocycles. The highest BCUT2D eigenvalue weighted by atomic mass is 16.3. The summed E-state index contributed by atoms with van der Waals surface area (Å²) in [6.45, 7) is 2.97. The van der Waals surface area contributed by atoms with Gasteiger partial charge < -0.3 is 10.0 Å². The van der Waals surface area contributed by atoms with E-state index in [0.29, 0.717) is 6.04 Å². The fourth-order valence-electron chi connectivity index (χ4n) is 2.20. The summed E-state index contributed by atoms with van der Waals surface area (Å²) in [4.78, 5) is 5.73. The molecule has 14 heavy (non-hydrogen) atoms. The summed E-state index contributed by atoms with van der Waals surface area (Å²) in [6.07, 6.45) is 7.22. The highest BCUT2D eigenvalue weighted by molar-refractivity contribution is 5.69. The van der Waals surface area contributed by atoms with Crippen LogP contribution >= 0.6 is 0 Å². The molecule has 0 N–H and O–H groups in total. The molecule has 1 saturated carbocycles. The van der Waals surface area contributed by atoms with Crippen LogP contribution in [0.5, 0.6) is 0 Å². The van der Waals surface area contributed by atoms with Crippen LogP contribution in [-0.2, 0) is 0 Å². The molecular formula is C11H21N2O-. The molecule has 3 heteroatoms. The van der Waals surface area contributed by atoms with E-state index in [2.05, 4.69) is 11.9 Å². The lowest BCUT2D eigenvalue weighted by molar-refractivity contribution is -0.238. The van der Waals surface area contributed by atoms with Gasteiger partial charge in [-0.1, -0.05) is 26.2 Å². The third-order valence-corrected chi connectivity index (χ3v) is 2.92. The summed E-state index contributed by atoms with van der Waals surface area (Å²) >= 11 is 0. The van der Waals surface area contributed by atoms with E-state index >= 15 is 0 Å². The van der Waals surface area contributed by atoms with Crippen molar-refractivity contribution in [2.75, 3.05) is 13.6 Å². The second-order valence-electron chi connectivity index (χ2n) is 3.99. The molecule has 0 unspecified atom stereocenters. The Bertz CT molecular complexity index is 186. The minimum Gasteiger partial charge on any atom is -0.846 e. The summed E-state index contributed by atoms with van der Waals surface area (Å²) < 4.78 is 0. The standard InChI is InChI=1S/C11H22N2O/c1-3-9-13(11(14)12-2)10-7-5-4-6-8-10/h10H,3-9H2,1-2H3,(H,12,14)/p-1. The Balaban J connectivity index is 2.55. The van der Waals surface area contributed by atoms with Crippen molar-refractivity contribution in [2.24, 2.45) is 4.99 Å². The Morgan fingerprint density at radius 2 is 2.00 bits per heavy atom. The van der Waals surface area contributed by atoms with Crippen molar-refractivity contribution in [1.29, 1.82) is 0 Å². The van der Waals surface area contributed by atoms with Gasteiger partial charge in [0, 0.05) is 25.7 Å². The van der Waals surface area contributed by atoms with E-state index < -0.39 is 0 Å². The molecule has 1 aliphatic rings. The Hall–Kier alpha value is -0.730. The van der Waals surface area contributed by atoms with E-state index in [0.717, 1.165) is 13.0 Å². The number of hydrogen-bond donors (Lipinski definition) is 0. The molecule has 0 heterocycles. The Kier molecular flexibility index (Phi) is 4.77. The minimum atomic E-state index is -0.0289. The molecule has 0 aromatic heterocycles. The SMILES string of the molecule is CCCN(C([O-])=NC)C1CCCCC1. The molecule has 1 rings (SSSR count). The van der Waals surface area contributed by atoms with Crippen LogP contribution in [0.15, 0.2) is 4.99 Å². The van der Waals surface area contributed by atoms with E-state index in [4.69, 9.17) is 0 Å². The Labute approximate surface area is 86.8 Å². The average molecular weight is 197 g/mol. The zero-order valence-corrected chi connectivity index (χ0v) is 9.33. The number of aliphatic imine (C=N–C) groups is 1. The summed E-state index contributed by atoms with van der Waals surface area (Å²) in [7, 11) is 1.59. The van der Waals surface area contributed by atoms with Crippen molar-refractivity contribution < 1.29 is 5.11 Å². The molecule has 0 aromatic rings. The van der Waals surface area contributed by atoms with Crippen molar-refractivity contribution in [3.63, 3.8) is 0 Å². The van der Waals surface area contributed by atoms with Crippen LogP contribution in [0.2, 0.25) is 0 Å². The molecular weight excluding hydrogens is 176 g/mol. The van der Waals surface area contributed by atoms with Crippen LogP contribution < -0.4 is 5.11 Å². The highest BCUT2D eigenvalue weighted by Crippen LogP contribution is 2.22. The minimum absolute atomic E-state index is 0.0289. The largest absolute Gasteiger partial charge is 0.846 e. The smallest absolute Gasteiger partial charge is 0.0497 e. The van der Waals surface area contributed by atoms with Gasteiger partial charge >= 0.3 is 0 Å². The first-order chi connectivity index (χ1) is 6.79. The summed E-state index contributed by atoms with van der Waals surface area (Å²) in [5.74, 6) is 0. The van der Waals surface area contributed by atoms with E-state index in [1.807, 2.05) is 4.90 Å². The van der Waals surface area contributed by atoms with Gasteiger partial charge in [0.1, 0.15) is 0 Å². The number of nitrogens with zero attached hydrogens (tertiary/aromatic N) is 2. The van der Waals surface area contributed by atoms with E-state index in [-0.39, 0.29) is 6.02 Å². The predicted octanol–water partition coefficient (Wildman–Crippen LogP) is 1.38. The molecule has 0 atom stereocenters. The first-order valence-corrected chi connectivity index (χ1v) is 5.70. The van der Waals surface area contributed by atoms with Gasteiger partial charge in [-0.2, -0.15) is 0 Å². The molecule has 0 aromatic carbocycles. The molecule has 0 spiro atoms. The van der Waals surface area contributed by atoms with Gasteiger partial charge in [0.05, 0.1) is 0 Å². The van der Waals surface area contributed by atoms with Crippen molar-refractivity contribution in [3.8, 4) is 0 Å². The van der Waals surface area contributed by atoms with E-state index in [1.54, 1.807) is 7.05 Å². The summed E-state index contributed by atoms with van der Waals surface area (Å²) in [6, 6.07) is 0.429. The molecule has 0 saturated heterocycles. The monoisotopic (exact) mass is 197 g/mol. The van der Waals surface area contributed by atoms with Gasteiger partial charge in [0.25, 0.3) is 0 Å². The first kappa shape index (κ1) is 11.3.